The van der Waals surface area contributed by atoms with E-state index < -0.39 is 6.09 Å². The lowest BCUT2D eigenvalue weighted by atomic mass is 10.1. The van der Waals surface area contributed by atoms with Gasteiger partial charge in [0, 0.05) is 17.0 Å². The Kier molecular flexibility index (Phi) is 5.72. The van der Waals surface area contributed by atoms with Crippen LogP contribution in [0.3, 0.4) is 0 Å². The molecular formula is C22H18ClNO6. The highest BCUT2D eigenvalue weighted by atomic mass is 35.5. The molecule has 0 unspecified atom stereocenters. The van der Waals surface area contributed by atoms with Crippen molar-refractivity contribution < 1.29 is 23.5 Å². The van der Waals surface area contributed by atoms with Gasteiger partial charge in [-0.25, -0.2) is 9.59 Å². The van der Waals surface area contributed by atoms with Crippen LogP contribution >= 0.6 is 11.6 Å². The minimum absolute atomic E-state index is 0.0377. The van der Waals surface area contributed by atoms with Crippen molar-refractivity contribution in [1.82, 2.24) is 5.32 Å². The fourth-order valence-electron chi connectivity index (χ4n) is 3.40. The molecule has 154 valence electrons. The summed E-state index contributed by atoms with van der Waals surface area (Å²) < 4.78 is 15.9. The van der Waals surface area contributed by atoms with Crippen molar-refractivity contribution in [2.24, 2.45) is 0 Å². The van der Waals surface area contributed by atoms with Crippen LogP contribution in [0.25, 0.3) is 11.0 Å². The molecule has 0 fully saturated rings. The van der Waals surface area contributed by atoms with Crippen molar-refractivity contribution >= 4 is 34.4 Å². The minimum Gasteiger partial charge on any atom is -0.486 e. The molecule has 30 heavy (non-hydrogen) atoms. The molecule has 0 saturated heterocycles. The van der Waals surface area contributed by atoms with E-state index in [0.717, 1.165) is 23.8 Å². The third-order valence-electron chi connectivity index (χ3n) is 4.80. The number of ketones is 1. The molecule has 2 aromatic carbocycles. The summed E-state index contributed by atoms with van der Waals surface area (Å²) in [6, 6.07) is 11.9. The first-order valence-electron chi connectivity index (χ1n) is 9.44. The number of nitrogens with one attached hydrogen (secondary N) is 1. The van der Waals surface area contributed by atoms with Crippen LogP contribution < -0.4 is 20.4 Å². The Labute approximate surface area is 176 Å². The molecule has 0 radical (unpaired) electrons. The van der Waals surface area contributed by atoms with Crippen LogP contribution in [0.15, 0.2) is 51.7 Å². The molecule has 4 rings (SSSR count). The maximum absolute atomic E-state index is 12.1. The molecule has 0 spiro atoms. The van der Waals surface area contributed by atoms with E-state index in [9.17, 15) is 14.4 Å². The average molecular weight is 428 g/mol. The smallest absolute Gasteiger partial charge is 0.413 e. The second-order valence-electron chi connectivity index (χ2n) is 6.86. The third kappa shape index (κ3) is 4.31. The molecule has 1 aliphatic carbocycles. The fourth-order valence-corrected chi connectivity index (χ4v) is 3.60. The number of hydrogen-bond donors (Lipinski definition) is 1. The summed E-state index contributed by atoms with van der Waals surface area (Å²) in [7, 11) is 0. The lowest BCUT2D eigenvalue weighted by Crippen LogP contribution is -2.34. The van der Waals surface area contributed by atoms with Crippen LogP contribution in [0.1, 0.15) is 17.5 Å². The van der Waals surface area contributed by atoms with Crippen molar-refractivity contribution in [3.8, 4) is 11.5 Å². The highest BCUT2D eigenvalue weighted by molar-refractivity contribution is 6.33. The lowest BCUT2D eigenvalue weighted by Gasteiger charge is -2.10. The van der Waals surface area contributed by atoms with E-state index in [4.69, 9.17) is 25.5 Å². The van der Waals surface area contributed by atoms with E-state index in [-0.39, 0.29) is 35.3 Å². The summed E-state index contributed by atoms with van der Waals surface area (Å²) in [5.41, 5.74) is 1.54. The highest BCUT2D eigenvalue weighted by Crippen LogP contribution is 2.34. The molecule has 0 aliphatic heterocycles. The predicted molar refractivity (Wildman–Crippen MR) is 110 cm³/mol. The quantitative estimate of drug-likeness (QED) is 0.603. The highest BCUT2D eigenvalue weighted by Gasteiger charge is 2.21. The van der Waals surface area contributed by atoms with Gasteiger partial charge < -0.3 is 19.2 Å². The lowest BCUT2D eigenvalue weighted by molar-refractivity contribution is -0.120. The number of hydrogen-bond acceptors (Lipinski definition) is 6. The summed E-state index contributed by atoms with van der Waals surface area (Å²) in [5.74, 6) is 0.266. The molecule has 0 atom stereocenters. The molecule has 3 aromatic rings. The summed E-state index contributed by atoms with van der Waals surface area (Å²) in [4.78, 5) is 36.1. The Balaban J connectivity index is 1.38. The van der Waals surface area contributed by atoms with E-state index in [1.54, 1.807) is 30.3 Å². The Hall–Kier alpha value is -3.32. The summed E-state index contributed by atoms with van der Waals surface area (Å²) in [5, 5.41) is 3.31. The van der Waals surface area contributed by atoms with Gasteiger partial charge in [0.15, 0.2) is 11.5 Å². The zero-order chi connectivity index (χ0) is 21.1. The van der Waals surface area contributed by atoms with Crippen LogP contribution in [0, 0.1) is 0 Å². The van der Waals surface area contributed by atoms with E-state index in [1.807, 2.05) is 6.07 Å². The molecule has 0 saturated carbocycles. The number of carbonyl (C=O) groups excluding carboxylic acids is 2. The van der Waals surface area contributed by atoms with E-state index in [0.29, 0.717) is 23.3 Å². The van der Waals surface area contributed by atoms with Gasteiger partial charge in [0.2, 0.25) is 0 Å². The van der Waals surface area contributed by atoms with E-state index in [2.05, 4.69) is 5.32 Å². The summed E-state index contributed by atoms with van der Waals surface area (Å²) >= 11 is 6.26. The number of rotatable bonds is 6. The van der Waals surface area contributed by atoms with Gasteiger partial charge in [0.05, 0.1) is 11.6 Å². The number of Topliss-reactive ketones (excluding diaryl/α,β-unsaturated/α-hetero) is 1. The van der Waals surface area contributed by atoms with Crippen molar-refractivity contribution in [1.29, 1.82) is 0 Å². The van der Waals surface area contributed by atoms with E-state index >= 15 is 0 Å². The molecular weight excluding hydrogens is 410 g/mol. The number of amides is 1. The van der Waals surface area contributed by atoms with Crippen LogP contribution in [0.2, 0.25) is 5.02 Å². The maximum atomic E-state index is 12.1. The predicted octanol–water partition coefficient (Wildman–Crippen LogP) is 3.67. The van der Waals surface area contributed by atoms with Crippen molar-refractivity contribution in [2.45, 2.75) is 19.3 Å². The largest absolute Gasteiger partial charge is 0.486 e. The average Bonchev–Trinajstić information content (AvgIpc) is 3.24. The van der Waals surface area contributed by atoms with E-state index in [1.165, 1.54) is 6.07 Å². The topological polar surface area (TPSA) is 94.8 Å². The first-order chi connectivity index (χ1) is 14.5. The third-order valence-corrected chi connectivity index (χ3v) is 5.10. The molecule has 1 heterocycles. The Morgan fingerprint density at radius 2 is 1.87 bits per heavy atom. The molecule has 1 N–H and O–H groups in total. The number of halogens is 1. The second-order valence-corrected chi connectivity index (χ2v) is 7.27. The molecule has 1 aromatic heterocycles. The minimum atomic E-state index is -0.854. The van der Waals surface area contributed by atoms with Gasteiger partial charge >= 0.3 is 11.7 Å². The van der Waals surface area contributed by atoms with Gasteiger partial charge in [-0.3, -0.25) is 4.79 Å². The normalized spacial score (nSPS) is 12.4. The van der Waals surface area contributed by atoms with Crippen LogP contribution in [0.4, 0.5) is 4.79 Å². The Morgan fingerprint density at radius 1 is 1.10 bits per heavy atom. The van der Waals surface area contributed by atoms with Crippen molar-refractivity contribution in [3.63, 3.8) is 0 Å². The standard InChI is InChI=1S/C22H18ClNO6/c23-18-9-17-15-7-4-8-16(15)21(26)29-19(17)10-20(18)30-22(27)24-11-13(25)12-28-14-5-2-1-3-6-14/h1-3,5-6,9-10H,4,7-8,11-12H2,(H,24,27). The van der Waals surface area contributed by atoms with Crippen molar-refractivity contribution in [2.75, 3.05) is 13.2 Å². The van der Waals surface area contributed by atoms with Crippen LogP contribution in [-0.2, 0) is 17.6 Å². The number of aryl methyl sites for hydroxylation is 1. The van der Waals surface area contributed by atoms with Gasteiger partial charge in [0.1, 0.15) is 17.9 Å². The molecule has 8 heteroatoms. The number of benzene rings is 2. The molecule has 1 amide bonds. The summed E-state index contributed by atoms with van der Waals surface area (Å²) in [6.45, 7) is -0.448. The number of carbonyl (C=O) groups is 2. The fraction of sp³-hybridized carbons (Fsp3) is 0.227. The first kappa shape index (κ1) is 20.0. The van der Waals surface area contributed by atoms with Gasteiger partial charge in [-0.05, 0) is 43.0 Å². The van der Waals surface area contributed by atoms with Gasteiger partial charge in [0.25, 0.3) is 0 Å². The number of ether oxygens (including phenoxy) is 2. The zero-order valence-corrected chi connectivity index (χ0v) is 16.7. The number of para-hydroxylation sites is 1. The molecule has 7 nitrogen and oxygen atoms in total. The molecule has 0 bridgehead atoms. The van der Waals surface area contributed by atoms with Crippen molar-refractivity contribution in [3.05, 3.63) is 69.0 Å². The number of fused-ring (bicyclic) bond motifs is 3. The SMILES string of the molecule is O=C(CNC(=O)Oc1cc2oc(=O)c3c(c2cc1Cl)CCC3)COc1ccccc1. The monoisotopic (exact) mass is 427 g/mol. The van der Waals surface area contributed by atoms with Crippen LogP contribution in [-0.4, -0.2) is 25.0 Å². The zero-order valence-electron chi connectivity index (χ0n) is 15.9. The van der Waals surface area contributed by atoms with Gasteiger partial charge in [-0.1, -0.05) is 29.8 Å². The Morgan fingerprint density at radius 3 is 2.67 bits per heavy atom. The van der Waals surface area contributed by atoms with Crippen LogP contribution in [0.5, 0.6) is 11.5 Å². The Bertz CT molecular complexity index is 1170. The van der Waals surface area contributed by atoms with Gasteiger partial charge in [-0.15, -0.1) is 0 Å². The van der Waals surface area contributed by atoms with Gasteiger partial charge in [-0.2, -0.15) is 0 Å². The maximum Gasteiger partial charge on any atom is 0.413 e. The second kappa shape index (κ2) is 8.59. The first-order valence-corrected chi connectivity index (χ1v) is 9.82. The molecule has 1 aliphatic rings. The summed E-state index contributed by atoms with van der Waals surface area (Å²) in [6.07, 6.45) is 1.50.